The highest BCUT2D eigenvalue weighted by atomic mass is 35.5. The number of aromatic nitrogens is 3. The van der Waals surface area contributed by atoms with Gasteiger partial charge in [0.2, 0.25) is 5.95 Å². The minimum absolute atomic E-state index is 0.410. The average molecular weight is 390 g/mol. The molecule has 0 radical (unpaired) electrons. The highest BCUT2D eigenvalue weighted by molar-refractivity contribution is 6.39. The molecule has 3 aromatic rings. The highest BCUT2D eigenvalue weighted by Crippen LogP contribution is 2.31. The van der Waals surface area contributed by atoms with Crippen molar-refractivity contribution in [1.29, 1.82) is 0 Å². The molecule has 0 atom stereocenters. The number of ether oxygens (including phenoxy) is 1. The molecule has 0 fully saturated rings. The second-order valence-electron chi connectivity index (χ2n) is 5.38. The molecule has 134 valence electrons. The van der Waals surface area contributed by atoms with E-state index in [4.69, 9.17) is 27.9 Å². The van der Waals surface area contributed by atoms with Gasteiger partial charge in [-0.1, -0.05) is 47.5 Å². The molecule has 0 aliphatic heterocycles. The number of anilines is 3. The summed E-state index contributed by atoms with van der Waals surface area (Å²) in [5, 5.41) is 15.2. The number of benzene rings is 2. The van der Waals surface area contributed by atoms with Crippen LogP contribution in [0.4, 0.5) is 17.5 Å². The molecule has 0 unspecified atom stereocenters. The first-order valence-corrected chi connectivity index (χ1v) is 8.69. The van der Waals surface area contributed by atoms with E-state index in [1.807, 2.05) is 24.3 Å². The maximum atomic E-state index is 6.16. The predicted molar refractivity (Wildman–Crippen MR) is 105 cm³/mol. The summed E-state index contributed by atoms with van der Waals surface area (Å²) in [6.45, 7) is 0.637. The number of hydrogen-bond donors (Lipinski definition) is 2. The molecule has 1 aromatic heterocycles. The average Bonchev–Trinajstić information content (AvgIpc) is 2.66. The zero-order chi connectivity index (χ0) is 18.4. The quantitative estimate of drug-likeness (QED) is 0.615. The van der Waals surface area contributed by atoms with Crippen LogP contribution in [0.5, 0.6) is 5.75 Å². The molecule has 0 aliphatic carbocycles. The second-order valence-corrected chi connectivity index (χ2v) is 6.19. The van der Waals surface area contributed by atoms with Crippen LogP contribution in [-0.2, 0) is 6.42 Å². The third-order valence-corrected chi connectivity index (χ3v) is 4.27. The Kier molecular flexibility index (Phi) is 6.09. The maximum Gasteiger partial charge on any atom is 0.244 e. The van der Waals surface area contributed by atoms with Gasteiger partial charge in [0.15, 0.2) is 5.82 Å². The van der Waals surface area contributed by atoms with E-state index in [-0.39, 0.29) is 0 Å². The Hall–Kier alpha value is -2.57. The summed E-state index contributed by atoms with van der Waals surface area (Å²) in [7, 11) is 1.66. The normalized spacial score (nSPS) is 10.4. The van der Waals surface area contributed by atoms with E-state index in [2.05, 4.69) is 25.8 Å². The lowest BCUT2D eigenvalue weighted by Crippen LogP contribution is -2.10. The summed E-state index contributed by atoms with van der Waals surface area (Å²) < 4.78 is 5.35. The van der Waals surface area contributed by atoms with E-state index < -0.39 is 0 Å². The van der Waals surface area contributed by atoms with Gasteiger partial charge in [-0.2, -0.15) is 10.1 Å². The lowest BCUT2D eigenvalue weighted by molar-refractivity contribution is 0.410. The Morgan fingerprint density at radius 3 is 2.58 bits per heavy atom. The number of rotatable bonds is 7. The first kappa shape index (κ1) is 18.2. The topological polar surface area (TPSA) is 72.0 Å². The van der Waals surface area contributed by atoms with E-state index in [0.29, 0.717) is 34.0 Å². The van der Waals surface area contributed by atoms with Crippen molar-refractivity contribution in [2.24, 2.45) is 0 Å². The van der Waals surface area contributed by atoms with E-state index in [0.717, 1.165) is 17.7 Å². The van der Waals surface area contributed by atoms with Crippen molar-refractivity contribution in [2.75, 3.05) is 24.3 Å². The number of nitrogens with zero attached hydrogens (tertiary/aromatic N) is 3. The van der Waals surface area contributed by atoms with Crippen molar-refractivity contribution in [3.05, 3.63) is 64.3 Å². The fourth-order valence-electron chi connectivity index (χ4n) is 2.40. The van der Waals surface area contributed by atoms with E-state index in [1.54, 1.807) is 25.3 Å². The molecule has 0 amide bonds. The molecule has 8 heteroatoms. The smallest absolute Gasteiger partial charge is 0.244 e. The van der Waals surface area contributed by atoms with Crippen LogP contribution >= 0.6 is 23.2 Å². The monoisotopic (exact) mass is 389 g/mol. The number of halogens is 2. The molecule has 0 aliphatic rings. The van der Waals surface area contributed by atoms with E-state index in [9.17, 15) is 0 Å². The van der Waals surface area contributed by atoms with Crippen LogP contribution in [0, 0.1) is 0 Å². The van der Waals surface area contributed by atoms with Gasteiger partial charge in [0.05, 0.1) is 29.0 Å². The minimum atomic E-state index is 0.410. The lowest BCUT2D eigenvalue weighted by Gasteiger charge is -2.11. The van der Waals surface area contributed by atoms with Crippen molar-refractivity contribution < 1.29 is 4.74 Å². The van der Waals surface area contributed by atoms with Crippen LogP contribution in [0.25, 0.3) is 0 Å². The molecular weight excluding hydrogens is 373 g/mol. The molecule has 0 saturated heterocycles. The van der Waals surface area contributed by atoms with Crippen molar-refractivity contribution in [3.63, 3.8) is 0 Å². The standard InChI is InChI=1S/C18H17Cl2N5O/c1-26-15-8-3-2-5-12(15)9-10-21-18-24-16(11-22-25-18)23-17-13(19)6-4-7-14(17)20/h2-8,11H,9-10H2,1H3,(H2,21,23,24,25). The summed E-state index contributed by atoms with van der Waals surface area (Å²) in [5.74, 6) is 1.76. The molecular formula is C18H17Cl2N5O. The molecule has 6 nitrogen and oxygen atoms in total. The van der Waals surface area contributed by atoms with Gasteiger partial charge in [-0.25, -0.2) is 0 Å². The largest absolute Gasteiger partial charge is 0.496 e. The number of nitrogens with one attached hydrogen (secondary N) is 2. The van der Waals surface area contributed by atoms with Crippen LogP contribution in [0.15, 0.2) is 48.7 Å². The van der Waals surface area contributed by atoms with Crippen molar-refractivity contribution in [1.82, 2.24) is 15.2 Å². The summed E-state index contributed by atoms with van der Waals surface area (Å²) in [6.07, 6.45) is 2.27. The van der Waals surface area contributed by atoms with Gasteiger partial charge in [-0.05, 0) is 30.2 Å². The lowest BCUT2D eigenvalue weighted by atomic mass is 10.1. The Labute approximate surface area is 161 Å². The van der Waals surface area contributed by atoms with Crippen LogP contribution in [0.3, 0.4) is 0 Å². The third kappa shape index (κ3) is 4.53. The number of methoxy groups -OCH3 is 1. The Bertz CT molecular complexity index is 871. The number of hydrogen-bond acceptors (Lipinski definition) is 6. The highest BCUT2D eigenvalue weighted by Gasteiger charge is 2.08. The molecule has 0 bridgehead atoms. The molecule has 2 N–H and O–H groups in total. The van der Waals surface area contributed by atoms with Gasteiger partial charge in [0.25, 0.3) is 0 Å². The first-order chi connectivity index (χ1) is 12.7. The van der Waals surface area contributed by atoms with Crippen molar-refractivity contribution in [2.45, 2.75) is 6.42 Å². The van der Waals surface area contributed by atoms with Crippen LogP contribution < -0.4 is 15.4 Å². The van der Waals surface area contributed by atoms with Gasteiger partial charge in [0, 0.05) is 6.54 Å². The summed E-state index contributed by atoms with van der Waals surface area (Å²) in [5.41, 5.74) is 1.68. The summed E-state index contributed by atoms with van der Waals surface area (Å²) in [6, 6.07) is 13.2. The fraction of sp³-hybridized carbons (Fsp3) is 0.167. The summed E-state index contributed by atoms with van der Waals surface area (Å²) in [4.78, 5) is 4.38. The molecule has 0 spiro atoms. The SMILES string of the molecule is COc1ccccc1CCNc1nncc(Nc2c(Cl)cccc2Cl)n1. The fourth-order valence-corrected chi connectivity index (χ4v) is 2.89. The Balaban J connectivity index is 1.64. The zero-order valence-corrected chi connectivity index (χ0v) is 15.6. The van der Waals surface area contributed by atoms with Gasteiger partial charge in [-0.3, -0.25) is 0 Å². The molecule has 3 rings (SSSR count). The Morgan fingerprint density at radius 2 is 1.81 bits per heavy atom. The van der Waals surface area contributed by atoms with E-state index in [1.165, 1.54) is 6.20 Å². The van der Waals surface area contributed by atoms with Gasteiger partial charge >= 0.3 is 0 Å². The Morgan fingerprint density at radius 1 is 1.04 bits per heavy atom. The zero-order valence-electron chi connectivity index (χ0n) is 14.0. The third-order valence-electron chi connectivity index (χ3n) is 3.64. The second kappa shape index (κ2) is 8.69. The molecule has 0 saturated carbocycles. The van der Waals surface area contributed by atoms with Gasteiger partial charge in [0.1, 0.15) is 5.75 Å². The van der Waals surface area contributed by atoms with Gasteiger partial charge in [-0.15, -0.1) is 5.10 Å². The summed E-state index contributed by atoms with van der Waals surface area (Å²) >= 11 is 12.3. The number of para-hydroxylation sites is 2. The van der Waals surface area contributed by atoms with Crippen LogP contribution in [0.1, 0.15) is 5.56 Å². The predicted octanol–water partition coefficient (Wildman–Crippen LogP) is 4.59. The first-order valence-electron chi connectivity index (χ1n) is 7.94. The van der Waals surface area contributed by atoms with Crippen molar-refractivity contribution in [3.8, 4) is 5.75 Å². The minimum Gasteiger partial charge on any atom is -0.496 e. The maximum absolute atomic E-state index is 6.16. The van der Waals surface area contributed by atoms with Crippen molar-refractivity contribution >= 4 is 40.7 Å². The van der Waals surface area contributed by atoms with Crippen LogP contribution in [0.2, 0.25) is 10.0 Å². The molecule has 2 aromatic carbocycles. The van der Waals surface area contributed by atoms with E-state index >= 15 is 0 Å². The van der Waals surface area contributed by atoms with Crippen LogP contribution in [-0.4, -0.2) is 28.8 Å². The van der Waals surface area contributed by atoms with Gasteiger partial charge < -0.3 is 15.4 Å². The molecule has 1 heterocycles. The molecule has 26 heavy (non-hydrogen) atoms.